The Morgan fingerprint density at radius 1 is 1.04 bits per heavy atom. The lowest BCUT2D eigenvalue weighted by molar-refractivity contribution is -0.138. The van der Waals surface area contributed by atoms with Crippen LogP contribution < -0.4 is 10.5 Å². The number of phenols is 1. The number of hydrogen-bond donors (Lipinski definition) is 3. The molecule has 0 aliphatic rings. The molecule has 0 aliphatic heterocycles. The molecule has 1 unspecified atom stereocenters. The molecule has 0 saturated carbocycles. The summed E-state index contributed by atoms with van der Waals surface area (Å²) in [5.41, 5.74) is 10.3. The van der Waals surface area contributed by atoms with E-state index in [4.69, 9.17) is 15.6 Å². The predicted molar refractivity (Wildman–Crippen MR) is 107 cm³/mol. The Balaban J connectivity index is 2.44. The van der Waals surface area contributed by atoms with E-state index in [1.165, 1.54) is 0 Å². The number of carbonyl (C=O) groups is 1. The third kappa shape index (κ3) is 4.80. The summed E-state index contributed by atoms with van der Waals surface area (Å²) in [7, 11) is 0. The number of ether oxygens (including phenoxy) is 1. The molecule has 2 aromatic carbocycles. The fourth-order valence-corrected chi connectivity index (χ4v) is 3.21. The Bertz CT molecular complexity index is 804. The normalized spacial score (nSPS) is 12.0. The van der Waals surface area contributed by atoms with Gasteiger partial charge in [0.25, 0.3) is 0 Å². The molecule has 0 spiro atoms. The highest BCUT2D eigenvalue weighted by molar-refractivity contribution is 5.73. The maximum absolute atomic E-state index is 11.1. The first-order valence-electron chi connectivity index (χ1n) is 9.43. The van der Waals surface area contributed by atoms with Crippen molar-refractivity contribution in [1.29, 1.82) is 0 Å². The zero-order chi connectivity index (χ0) is 20.1. The Morgan fingerprint density at radius 3 is 2.07 bits per heavy atom. The van der Waals surface area contributed by atoms with Crippen LogP contribution in [0.5, 0.6) is 17.2 Å². The zero-order valence-corrected chi connectivity index (χ0v) is 16.5. The second-order valence-electron chi connectivity index (χ2n) is 6.80. The van der Waals surface area contributed by atoms with Crippen LogP contribution in [0, 0.1) is 6.92 Å². The van der Waals surface area contributed by atoms with Gasteiger partial charge < -0.3 is 20.7 Å². The molecule has 2 rings (SSSR count). The van der Waals surface area contributed by atoms with E-state index in [1.54, 1.807) is 0 Å². The Labute approximate surface area is 160 Å². The van der Waals surface area contributed by atoms with E-state index in [2.05, 4.69) is 0 Å². The van der Waals surface area contributed by atoms with Gasteiger partial charge in [-0.25, -0.2) is 0 Å². The van der Waals surface area contributed by atoms with Crippen molar-refractivity contribution in [1.82, 2.24) is 0 Å². The summed E-state index contributed by atoms with van der Waals surface area (Å²) >= 11 is 0. The quantitative estimate of drug-likeness (QED) is 0.649. The molecule has 5 nitrogen and oxygen atoms in total. The molecule has 0 radical (unpaired) electrons. The Hall–Kier alpha value is -2.53. The first-order valence-corrected chi connectivity index (χ1v) is 9.43. The van der Waals surface area contributed by atoms with Crippen LogP contribution in [0.25, 0.3) is 0 Å². The molecule has 0 fully saturated rings. The number of aromatic hydroxyl groups is 1. The smallest absolute Gasteiger partial charge is 0.320 e. The SMILES string of the molecule is CCc1cc(Oc2c(CC)cc(CC(N)C(=O)O)cc2CC)cc(C)c1O. The maximum Gasteiger partial charge on any atom is 0.320 e. The molecule has 2 aromatic rings. The number of aryl methyl sites for hydroxylation is 4. The third-order valence-corrected chi connectivity index (χ3v) is 4.79. The van der Waals surface area contributed by atoms with Crippen LogP contribution in [0.1, 0.15) is 48.6 Å². The molecule has 146 valence electrons. The second kappa shape index (κ2) is 8.91. The molecule has 27 heavy (non-hydrogen) atoms. The number of aliphatic carboxylic acids is 1. The van der Waals surface area contributed by atoms with Crippen LogP contribution in [0.2, 0.25) is 0 Å². The molecule has 0 heterocycles. The number of nitrogens with two attached hydrogens (primary N) is 1. The minimum atomic E-state index is -1.00. The monoisotopic (exact) mass is 371 g/mol. The lowest BCUT2D eigenvalue weighted by atomic mass is 9.96. The van der Waals surface area contributed by atoms with E-state index in [1.807, 2.05) is 52.0 Å². The Kier molecular flexibility index (Phi) is 6.86. The van der Waals surface area contributed by atoms with Gasteiger partial charge in [0.15, 0.2) is 0 Å². The average molecular weight is 371 g/mol. The van der Waals surface area contributed by atoms with Crippen molar-refractivity contribution in [3.63, 3.8) is 0 Å². The molecule has 0 aliphatic carbocycles. The summed E-state index contributed by atoms with van der Waals surface area (Å²) in [5.74, 6) is 0.814. The lowest BCUT2D eigenvalue weighted by Gasteiger charge is -2.18. The van der Waals surface area contributed by atoms with Gasteiger partial charge in [-0.3, -0.25) is 4.79 Å². The van der Waals surface area contributed by atoms with Crippen molar-refractivity contribution in [2.45, 2.75) is 59.4 Å². The largest absolute Gasteiger partial charge is 0.507 e. The highest BCUT2D eigenvalue weighted by Crippen LogP contribution is 2.35. The van der Waals surface area contributed by atoms with Gasteiger partial charge in [-0.15, -0.1) is 0 Å². The molecular weight excluding hydrogens is 342 g/mol. The van der Waals surface area contributed by atoms with Crippen molar-refractivity contribution in [2.24, 2.45) is 5.73 Å². The minimum absolute atomic E-state index is 0.286. The zero-order valence-electron chi connectivity index (χ0n) is 16.5. The fraction of sp³-hybridized carbons (Fsp3) is 0.409. The number of carboxylic acid groups (broad SMARTS) is 1. The second-order valence-corrected chi connectivity index (χ2v) is 6.80. The number of rotatable bonds is 8. The molecule has 0 saturated heterocycles. The standard InChI is InChI=1S/C22H29NO4/c1-5-15-12-18(8-13(4)20(15)24)27-21-16(6-2)9-14(10-17(21)7-3)11-19(23)22(25)26/h8-10,12,19,24H,5-7,11,23H2,1-4H3,(H,25,26). The van der Waals surface area contributed by atoms with E-state index in [-0.39, 0.29) is 6.42 Å². The van der Waals surface area contributed by atoms with Gasteiger partial charge in [0.2, 0.25) is 0 Å². The van der Waals surface area contributed by atoms with Crippen LogP contribution in [0.3, 0.4) is 0 Å². The van der Waals surface area contributed by atoms with Gasteiger partial charge in [0.05, 0.1) is 0 Å². The van der Waals surface area contributed by atoms with Crippen LogP contribution in [0.4, 0.5) is 0 Å². The van der Waals surface area contributed by atoms with Crippen molar-refractivity contribution >= 4 is 5.97 Å². The van der Waals surface area contributed by atoms with Crippen LogP contribution >= 0.6 is 0 Å². The summed E-state index contributed by atoms with van der Waals surface area (Å²) in [6.45, 7) is 7.94. The number of benzene rings is 2. The summed E-state index contributed by atoms with van der Waals surface area (Å²) in [6, 6.07) is 6.74. The van der Waals surface area contributed by atoms with Crippen LogP contribution in [-0.4, -0.2) is 22.2 Å². The molecular formula is C22H29NO4. The maximum atomic E-state index is 11.1. The van der Waals surface area contributed by atoms with Gasteiger partial charge in [0.1, 0.15) is 23.3 Å². The number of hydrogen-bond acceptors (Lipinski definition) is 4. The highest BCUT2D eigenvalue weighted by Gasteiger charge is 2.17. The van der Waals surface area contributed by atoms with E-state index < -0.39 is 12.0 Å². The third-order valence-electron chi connectivity index (χ3n) is 4.79. The molecule has 4 N–H and O–H groups in total. The topological polar surface area (TPSA) is 92.8 Å². The molecule has 0 amide bonds. The predicted octanol–water partition coefficient (Wildman–Crippen LogP) is 4.13. The van der Waals surface area contributed by atoms with E-state index in [0.717, 1.165) is 52.8 Å². The lowest BCUT2D eigenvalue weighted by Crippen LogP contribution is -2.32. The van der Waals surface area contributed by atoms with Gasteiger partial charge >= 0.3 is 5.97 Å². The van der Waals surface area contributed by atoms with E-state index in [0.29, 0.717) is 11.5 Å². The summed E-state index contributed by atoms with van der Waals surface area (Å²) in [4.78, 5) is 11.1. The number of phenolic OH excluding ortho intramolecular Hbond substituents is 1. The number of carboxylic acids is 1. The summed E-state index contributed by atoms with van der Waals surface area (Å²) in [5, 5.41) is 19.2. The Morgan fingerprint density at radius 2 is 1.59 bits per heavy atom. The van der Waals surface area contributed by atoms with Crippen LogP contribution in [-0.2, 0) is 30.5 Å². The fourth-order valence-electron chi connectivity index (χ4n) is 3.21. The average Bonchev–Trinajstić information content (AvgIpc) is 2.64. The van der Waals surface area contributed by atoms with Crippen molar-refractivity contribution in [2.75, 3.05) is 0 Å². The summed E-state index contributed by atoms with van der Waals surface area (Å²) < 4.78 is 6.25. The van der Waals surface area contributed by atoms with E-state index in [9.17, 15) is 9.90 Å². The minimum Gasteiger partial charge on any atom is -0.507 e. The van der Waals surface area contributed by atoms with Gasteiger partial charge in [-0.2, -0.15) is 0 Å². The van der Waals surface area contributed by atoms with Crippen molar-refractivity contribution in [3.8, 4) is 17.2 Å². The van der Waals surface area contributed by atoms with Crippen LogP contribution in [0.15, 0.2) is 24.3 Å². The van der Waals surface area contributed by atoms with Gasteiger partial charge in [-0.1, -0.05) is 32.9 Å². The first-order chi connectivity index (χ1) is 12.8. The van der Waals surface area contributed by atoms with E-state index >= 15 is 0 Å². The summed E-state index contributed by atoms with van der Waals surface area (Å²) in [6.07, 6.45) is 2.53. The molecule has 1 atom stereocenters. The van der Waals surface area contributed by atoms with Gasteiger partial charge in [0, 0.05) is 0 Å². The van der Waals surface area contributed by atoms with Crippen molar-refractivity contribution in [3.05, 3.63) is 52.1 Å². The highest BCUT2D eigenvalue weighted by atomic mass is 16.5. The molecule has 0 bridgehead atoms. The molecule has 5 heteroatoms. The van der Waals surface area contributed by atoms with Gasteiger partial charge in [-0.05, 0) is 72.6 Å². The molecule has 0 aromatic heterocycles. The first kappa shape index (κ1) is 20.8. The van der Waals surface area contributed by atoms with Crippen molar-refractivity contribution < 1.29 is 19.7 Å².